The first-order valence-corrected chi connectivity index (χ1v) is 10.3. The molecule has 5 nitrogen and oxygen atoms in total. The van der Waals surface area contributed by atoms with Gasteiger partial charge in [-0.15, -0.1) is 0 Å². The average Bonchev–Trinajstić information content (AvgIpc) is 3.53. The summed E-state index contributed by atoms with van der Waals surface area (Å²) in [6.07, 6.45) is 6.43. The normalized spacial score (nSPS) is 20.4. The first-order chi connectivity index (χ1) is 13.7. The Morgan fingerprint density at radius 3 is 2.57 bits per heavy atom. The molecule has 1 aliphatic heterocycles. The maximum Gasteiger partial charge on any atom is 0.255 e. The number of carbonyl (C=O) groups is 1. The molecule has 2 aliphatic rings. The maximum atomic E-state index is 12.4. The molecule has 148 valence electrons. The minimum atomic E-state index is -0.172. The zero-order chi connectivity index (χ0) is 19.3. The molecule has 1 saturated carbocycles. The Morgan fingerprint density at radius 2 is 1.82 bits per heavy atom. The number of likely N-dealkylation sites (tertiary alicyclic amines) is 1. The Balaban J connectivity index is 1.30. The van der Waals surface area contributed by atoms with Gasteiger partial charge in [-0.3, -0.25) is 4.79 Å². The predicted octanol–water partition coefficient (Wildman–Crippen LogP) is 4.16. The fraction of sp³-hybridized carbons (Fsp3) is 0.435. The number of carbonyl (C=O) groups excluding carboxylic acids is 1. The lowest BCUT2D eigenvalue weighted by Gasteiger charge is -2.20. The summed E-state index contributed by atoms with van der Waals surface area (Å²) < 4.78 is 6.20. The van der Waals surface area contributed by atoms with Crippen molar-refractivity contribution < 1.29 is 9.53 Å². The zero-order valence-electron chi connectivity index (χ0n) is 16.3. The fourth-order valence-electron chi connectivity index (χ4n) is 3.77. The van der Waals surface area contributed by atoms with Gasteiger partial charge in [0, 0.05) is 18.7 Å². The number of hydrogen-bond acceptors (Lipinski definition) is 4. The van der Waals surface area contributed by atoms with E-state index in [1.54, 1.807) is 24.3 Å². The number of nitrogens with one attached hydrogen (secondary N) is 1. The van der Waals surface area contributed by atoms with E-state index in [1.165, 1.54) is 32.4 Å². The van der Waals surface area contributed by atoms with E-state index in [0.29, 0.717) is 16.9 Å². The van der Waals surface area contributed by atoms with Crippen LogP contribution in [0.15, 0.2) is 48.5 Å². The lowest BCUT2D eigenvalue weighted by atomic mass is 10.1. The van der Waals surface area contributed by atoms with Crippen LogP contribution in [0.5, 0.6) is 5.75 Å². The van der Waals surface area contributed by atoms with Crippen LogP contribution >= 0.6 is 0 Å². The number of para-hydroxylation sites is 2. The minimum absolute atomic E-state index is 0.172. The van der Waals surface area contributed by atoms with Crippen molar-refractivity contribution >= 4 is 17.3 Å². The Labute approximate surface area is 166 Å². The second-order valence-corrected chi connectivity index (χ2v) is 7.98. The summed E-state index contributed by atoms with van der Waals surface area (Å²) in [5.74, 6) is 1.61. The van der Waals surface area contributed by atoms with E-state index in [1.807, 2.05) is 24.3 Å². The molecule has 0 radical (unpaired) electrons. The van der Waals surface area contributed by atoms with Gasteiger partial charge in [-0.05, 0) is 81.0 Å². The second-order valence-electron chi connectivity index (χ2n) is 7.98. The molecule has 3 N–H and O–H groups in total. The molecular weight excluding hydrogens is 350 g/mol. The van der Waals surface area contributed by atoms with Crippen molar-refractivity contribution in [3.8, 4) is 5.75 Å². The van der Waals surface area contributed by atoms with Gasteiger partial charge in [-0.1, -0.05) is 12.1 Å². The second kappa shape index (κ2) is 8.65. The van der Waals surface area contributed by atoms with Gasteiger partial charge in [0.1, 0.15) is 5.75 Å². The molecule has 1 heterocycles. The van der Waals surface area contributed by atoms with Gasteiger partial charge in [0.25, 0.3) is 5.91 Å². The van der Waals surface area contributed by atoms with E-state index in [2.05, 4.69) is 10.2 Å². The summed E-state index contributed by atoms with van der Waals surface area (Å²) in [4.78, 5) is 15.0. The van der Waals surface area contributed by atoms with Crippen molar-refractivity contribution in [2.24, 2.45) is 5.92 Å². The summed E-state index contributed by atoms with van der Waals surface area (Å²) >= 11 is 0. The van der Waals surface area contributed by atoms with Gasteiger partial charge in [-0.2, -0.15) is 0 Å². The Morgan fingerprint density at radius 1 is 1.04 bits per heavy atom. The topological polar surface area (TPSA) is 67.6 Å². The van der Waals surface area contributed by atoms with Crippen LogP contribution < -0.4 is 15.8 Å². The monoisotopic (exact) mass is 379 g/mol. The number of nitrogens with zero attached hydrogens (tertiary/aromatic N) is 1. The Hall–Kier alpha value is -2.53. The van der Waals surface area contributed by atoms with Crippen molar-refractivity contribution in [2.75, 3.05) is 30.7 Å². The van der Waals surface area contributed by atoms with Crippen molar-refractivity contribution in [3.05, 3.63) is 54.1 Å². The number of ether oxygens (including phenoxy) is 1. The summed E-state index contributed by atoms with van der Waals surface area (Å²) in [6.45, 7) is 3.58. The third kappa shape index (κ3) is 5.04. The predicted molar refractivity (Wildman–Crippen MR) is 113 cm³/mol. The van der Waals surface area contributed by atoms with Crippen LogP contribution in [0.3, 0.4) is 0 Å². The van der Waals surface area contributed by atoms with Crippen LogP contribution in [0, 0.1) is 5.92 Å². The van der Waals surface area contributed by atoms with E-state index >= 15 is 0 Å². The van der Waals surface area contributed by atoms with E-state index in [0.717, 1.165) is 31.1 Å². The molecule has 1 saturated heterocycles. The average molecular weight is 380 g/mol. The van der Waals surface area contributed by atoms with E-state index < -0.39 is 0 Å². The molecule has 0 unspecified atom stereocenters. The highest BCUT2D eigenvalue weighted by Gasteiger charge is 2.26. The van der Waals surface area contributed by atoms with Crippen molar-refractivity contribution in [2.45, 2.75) is 38.2 Å². The Bertz CT molecular complexity index is 802. The molecule has 2 aromatic carbocycles. The van der Waals surface area contributed by atoms with E-state index in [4.69, 9.17) is 10.5 Å². The van der Waals surface area contributed by atoms with Crippen LogP contribution in [-0.4, -0.2) is 36.5 Å². The molecule has 4 rings (SSSR count). The number of benzene rings is 2. The van der Waals surface area contributed by atoms with Gasteiger partial charge in [0.2, 0.25) is 0 Å². The molecule has 28 heavy (non-hydrogen) atoms. The van der Waals surface area contributed by atoms with Crippen molar-refractivity contribution in [1.82, 2.24) is 4.90 Å². The molecule has 2 aromatic rings. The lowest BCUT2D eigenvalue weighted by molar-refractivity contribution is 0.102. The quantitative estimate of drug-likeness (QED) is 0.740. The van der Waals surface area contributed by atoms with Crippen molar-refractivity contribution in [1.29, 1.82) is 0 Å². The molecule has 5 heteroatoms. The first-order valence-electron chi connectivity index (χ1n) is 10.3. The van der Waals surface area contributed by atoms with Gasteiger partial charge >= 0.3 is 0 Å². The number of anilines is 2. The van der Waals surface area contributed by atoms with Gasteiger partial charge in [-0.25, -0.2) is 0 Å². The molecule has 1 amide bonds. The highest BCUT2D eigenvalue weighted by atomic mass is 16.5. The van der Waals surface area contributed by atoms with E-state index in [-0.39, 0.29) is 12.0 Å². The van der Waals surface area contributed by atoms with Crippen LogP contribution in [0.2, 0.25) is 0 Å². The molecule has 0 bridgehead atoms. The molecule has 1 aliphatic carbocycles. The highest BCUT2D eigenvalue weighted by molar-refractivity contribution is 6.05. The maximum absolute atomic E-state index is 12.4. The summed E-state index contributed by atoms with van der Waals surface area (Å²) in [5, 5.41) is 2.85. The number of amides is 1. The Kier molecular flexibility index (Phi) is 5.81. The summed E-state index contributed by atoms with van der Waals surface area (Å²) in [5.41, 5.74) is 7.66. The fourth-order valence-corrected chi connectivity index (χ4v) is 3.77. The number of hydrogen-bond donors (Lipinski definition) is 2. The van der Waals surface area contributed by atoms with Crippen LogP contribution in [0.1, 0.15) is 42.5 Å². The third-order valence-corrected chi connectivity index (χ3v) is 5.61. The minimum Gasteiger partial charge on any atom is -0.490 e. The molecule has 0 spiro atoms. The van der Waals surface area contributed by atoms with Gasteiger partial charge in [0.15, 0.2) is 0 Å². The summed E-state index contributed by atoms with van der Waals surface area (Å²) in [6, 6.07) is 14.6. The zero-order valence-corrected chi connectivity index (χ0v) is 16.3. The van der Waals surface area contributed by atoms with Gasteiger partial charge < -0.3 is 20.7 Å². The smallest absolute Gasteiger partial charge is 0.255 e. The number of rotatable bonds is 6. The molecule has 2 fully saturated rings. The SMILES string of the molecule is Nc1ccccc1NC(=O)c1ccc(O[C@@H]2CCCN(CC3CC3)CC2)cc1. The van der Waals surface area contributed by atoms with Crippen LogP contribution in [-0.2, 0) is 0 Å². The van der Waals surface area contributed by atoms with Crippen LogP contribution in [0.25, 0.3) is 0 Å². The third-order valence-electron chi connectivity index (χ3n) is 5.61. The number of nitrogens with two attached hydrogens (primary N) is 1. The van der Waals surface area contributed by atoms with Crippen molar-refractivity contribution in [3.63, 3.8) is 0 Å². The molecular formula is C23H29N3O2. The lowest BCUT2D eigenvalue weighted by Crippen LogP contribution is -2.28. The summed E-state index contributed by atoms with van der Waals surface area (Å²) in [7, 11) is 0. The highest BCUT2D eigenvalue weighted by Crippen LogP contribution is 2.30. The van der Waals surface area contributed by atoms with Gasteiger partial charge in [0.05, 0.1) is 17.5 Å². The standard InChI is InChI=1S/C23H29N3O2/c24-21-5-1-2-6-22(21)25-23(27)18-9-11-20(12-10-18)28-19-4-3-14-26(15-13-19)16-17-7-8-17/h1-2,5-6,9-12,17,19H,3-4,7-8,13-16,24H2,(H,25,27)/t19-/m1/s1. The molecule has 1 atom stereocenters. The first kappa shape index (κ1) is 18.8. The molecule has 0 aromatic heterocycles. The van der Waals surface area contributed by atoms with Crippen LogP contribution in [0.4, 0.5) is 11.4 Å². The number of nitrogen functional groups attached to an aromatic ring is 1. The van der Waals surface area contributed by atoms with E-state index in [9.17, 15) is 4.79 Å². The largest absolute Gasteiger partial charge is 0.490 e.